The highest BCUT2D eigenvalue weighted by Crippen LogP contribution is 2.48. The number of hydrogen-bond donors (Lipinski definition) is 2. The number of aryl methyl sites for hydroxylation is 1. The van der Waals surface area contributed by atoms with Crippen LogP contribution in [0.2, 0.25) is 0 Å². The average Bonchev–Trinajstić information content (AvgIpc) is 3.48. The average molecular weight is 459 g/mol. The fourth-order valence-electron chi connectivity index (χ4n) is 5.67. The molecular formula is C27H26N2O3S. The van der Waals surface area contributed by atoms with Crippen LogP contribution in [0, 0.1) is 0 Å². The van der Waals surface area contributed by atoms with Crippen LogP contribution in [0.1, 0.15) is 46.0 Å². The maximum Gasteiger partial charge on any atom is 0.252 e. The molecule has 1 aliphatic carbocycles. The highest BCUT2D eigenvalue weighted by Gasteiger charge is 2.35. The van der Waals surface area contributed by atoms with Crippen LogP contribution >= 0.6 is 0 Å². The lowest BCUT2D eigenvalue weighted by atomic mass is 9.92. The number of carbonyl (C=O) groups excluding carboxylic acids is 1. The third-order valence-electron chi connectivity index (χ3n) is 7.07. The van der Waals surface area contributed by atoms with Crippen molar-refractivity contribution in [2.75, 3.05) is 12.4 Å². The van der Waals surface area contributed by atoms with Gasteiger partial charge < -0.3 is 15.0 Å². The number of aromatic nitrogens is 1. The van der Waals surface area contributed by atoms with Crippen LogP contribution in [0.15, 0.2) is 42.5 Å². The van der Waals surface area contributed by atoms with E-state index in [0.717, 1.165) is 50.5 Å². The smallest absolute Gasteiger partial charge is 0.252 e. The SMILES string of the molecule is CCS(=O)Cc1ccc2c(c1)c1c3c(c4c(c1n2CCCO)Cc1ccccc1-4)C(=O)NC3. The minimum Gasteiger partial charge on any atom is -0.396 e. The highest BCUT2D eigenvalue weighted by molar-refractivity contribution is 7.84. The number of benzene rings is 3. The summed E-state index contributed by atoms with van der Waals surface area (Å²) in [5.41, 5.74) is 9.89. The lowest BCUT2D eigenvalue weighted by Gasteiger charge is -2.13. The molecule has 0 saturated heterocycles. The molecule has 1 unspecified atom stereocenters. The predicted molar refractivity (Wildman–Crippen MR) is 133 cm³/mol. The summed E-state index contributed by atoms with van der Waals surface area (Å²) in [5, 5.41) is 14.9. The van der Waals surface area contributed by atoms with Crippen LogP contribution in [0.25, 0.3) is 32.9 Å². The van der Waals surface area contributed by atoms with E-state index in [1.54, 1.807) is 0 Å². The molecule has 6 heteroatoms. The number of carbonyl (C=O) groups is 1. The van der Waals surface area contributed by atoms with Gasteiger partial charge >= 0.3 is 0 Å². The fourth-order valence-corrected chi connectivity index (χ4v) is 6.42. The second-order valence-electron chi connectivity index (χ2n) is 8.90. The lowest BCUT2D eigenvalue weighted by Crippen LogP contribution is -2.13. The summed E-state index contributed by atoms with van der Waals surface area (Å²) in [6.45, 7) is 3.30. The summed E-state index contributed by atoms with van der Waals surface area (Å²) in [5.74, 6) is 1.17. The number of nitrogens with one attached hydrogen (secondary N) is 1. The van der Waals surface area contributed by atoms with Crippen molar-refractivity contribution in [1.82, 2.24) is 9.88 Å². The molecule has 2 aliphatic rings. The summed E-state index contributed by atoms with van der Waals surface area (Å²) < 4.78 is 14.6. The first-order valence-electron chi connectivity index (χ1n) is 11.6. The number of fused-ring (bicyclic) bond motifs is 10. The fraction of sp³-hybridized carbons (Fsp3) is 0.296. The minimum atomic E-state index is -0.890. The number of aliphatic hydroxyl groups is 1. The van der Waals surface area contributed by atoms with Gasteiger partial charge in [-0.3, -0.25) is 9.00 Å². The van der Waals surface area contributed by atoms with Crippen molar-refractivity contribution in [2.24, 2.45) is 0 Å². The van der Waals surface area contributed by atoms with Crippen molar-refractivity contribution >= 4 is 38.5 Å². The highest BCUT2D eigenvalue weighted by atomic mass is 32.2. The second-order valence-corrected chi connectivity index (χ2v) is 10.6. The molecule has 3 aromatic carbocycles. The van der Waals surface area contributed by atoms with Gasteiger partial charge in [0.1, 0.15) is 0 Å². The standard InChI is InChI=1S/C27H26N2O3S/c1-2-33(32)15-16-8-9-22-19(12-16)24-21-14-28-27(31)25(21)23-18-7-4-3-6-17(18)13-20(23)26(24)29(22)10-5-11-30/h3-4,6-9,12,30H,2,5,10-11,13-15H2,1H3,(H,28,31). The van der Waals surface area contributed by atoms with Gasteiger partial charge in [-0.2, -0.15) is 0 Å². The van der Waals surface area contributed by atoms with Crippen molar-refractivity contribution in [1.29, 1.82) is 0 Å². The van der Waals surface area contributed by atoms with E-state index >= 15 is 0 Å². The van der Waals surface area contributed by atoms with Crippen molar-refractivity contribution in [3.63, 3.8) is 0 Å². The molecule has 0 fully saturated rings. The molecule has 1 amide bonds. The molecule has 0 bridgehead atoms. The Hall–Kier alpha value is -2.96. The van der Waals surface area contributed by atoms with Gasteiger partial charge in [-0.05, 0) is 46.4 Å². The van der Waals surface area contributed by atoms with Crippen molar-refractivity contribution < 1.29 is 14.1 Å². The van der Waals surface area contributed by atoms with E-state index < -0.39 is 10.8 Å². The number of hydrogen-bond acceptors (Lipinski definition) is 3. The zero-order chi connectivity index (χ0) is 22.7. The molecule has 0 saturated carbocycles. The maximum absolute atomic E-state index is 13.1. The van der Waals surface area contributed by atoms with Crippen LogP contribution in [0.5, 0.6) is 0 Å². The largest absolute Gasteiger partial charge is 0.396 e. The quantitative estimate of drug-likeness (QED) is 0.399. The molecule has 4 aromatic rings. The van der Waals surface area contributed by atoms with Gasteiger partial charge in [0.2, 0.25) is 0 Å². The molecule has 1 aliphatic heterocycles. The number of rotatable bonds is 6. The summed E-state index contributed by atoms with van der Waals surface area (Å²) in [7, 11) is -0.890. The molecule has 1 atom stereocenters. The molecule has 2 N–H and O–H groups in total. The Morgan fingerprint density at radius 1 is 1.12 bits per heavy atom. The van der Waals surface area contributed by atoms with Gasteiger partial charge in [-0.1, -0.05) is 37.3 Å². The second kappa shape index (κ2) is 7.82. The van der Waals surface area contributed by atoms with Gasteiger partial charge in [0.15, 0.2) is 0 Å². The molecule has 5 nitrogen and oxygen atoms in total. The third-order valence-corrected chi connectivity index (χ3v) is 8.36. The van der Waals surface area contributed by atoms with Crippen molar-refractivity contribution in [3.05, 3.63) is 70.3 Å². The molecule has 6 rings (SSSR count). The van der Waals surface area contributed by atoms with E-state index in [0.29, 0.717) is 31.0 Å². The van der Waals surface area contributed by atoms with E-state index in [9.17, 15) is 14.1 Å². The Morgan fingerprint density at radius 3 is 2.79 bits per heavy atom. The number of nitrogens with zero attached hydrogens (tertiary/aromatic N) is 1. The monoisotopic (exact) mass is 458 g/mol. The zero-order valence-corrected chi connectivity index (χ0v) is 19.4. The van der Waals surface area contributed by atoms with E-state index in [1.165, 1.54) is 16.6 Å². The van der Waals surface area contributed by atoms with Crippen LogP contribution in [0.4, 0.5) is 0 Å². The number of aliphatic hydroxyl groups excluding tert-OH is 1. The Labute approximate surface area is 194 Å². The first kappa shape index (κ1) is 20.6. The summed E-state index contributed by atoms with van der Waals surface area (Å²) >= 11 is 0. The van der Waals surface area contributed by atoms with E-state index in [2.05, 4.69) is 46.3 Å². The third kappa shape index (κ3) is 3.01. The van der Waals surface area contributed by atoms with Gasteiger partial charge in [0, 0.05) is 70.3 Å². The topological polar surface area (TPSA) is 71.3 Å². The molecular weight excluding hydrogens is 432 g/mol. The zero-order valence-electron chi connectivity index (χ0n) is 18.6. The first-order valence-corrected chi connectivity index (χ1v) is 13.1. The Bertz CT molecular complexity index is 1480. The Morgan fingerprint density at radius 2 is 1.97 bits per heavy atom. The summed E-state index contributed by atoms with van der Waals surface area (Å²) in [6.07, 6.45) is 1.46. The molecule has 2 heterocycles. The molecule has 0 spiro atoms. The Kier molecular flexibility index (Phi) is 4.89. The molecule has 0 radical (unpaired) electrons. The van der Waals surface area contributed by atoms with Gasteiger partial charge in [-0.25, -0.2) is 0 Å². The van der Waals surface area contributed by atoms with Gasteiger partial charge in [0.05, 0.1) is 11.1 Å². The normalized spacial score (nSPS) is 15.0. The van der Waals surface area contributed by atoms with Crippen molar-refractivity contribution in [3.8, 4) is 11.1 Å². The van der Waals surface area contributed by atoms with E-state index in [-0.39, 0.29) is 12.5 Å². The van der Waals surface area contributed by atoms with Gasteiger partial charge in [-0.15, -0.1) is 0 Å². The maximum atomic E-state index is 13.1. The van der Waals surface area contributed by atoms with E-state index in [1.807, 2.05) is 13.0 Å². The minimum absolute atomic E-state index is 0.000600. The predicted octanol–water partition coefficient (Wildman–Crippen LogP) is 4.26. The van der Waals surface area contributed by atoms with E-state index in [4.69, 9.17) is 0 Å². The van der Waals surface area contributed by atoms with Crippen molar-refractivity contribution in [2.45, 2.75) is 38.6 Å². The van der Waals surface area contributed by atoms with Crippen LogP contribution in [-0.4, -0.2) is 32.1 Å². The van der Waals surface area contributed by atoms with Crippen LogP contribution < -0.4 is 5.32 Å². The van der Waals surface area contributed by atoms with Crippen LogP contribution in [0.3, 0.4) is 0 Å². The summed E-state index contributed by atoms with van der Waals surface area (Å²) in [4.78, 5) is 13.1. The van der Waals surface area contributed by atoms with Crippen LogP contribution in [-0.2, 0) is 36.1 Å². The Balaban J connectivity index is 1.73. The summed E-state index contributed by atoms with van der Waals surface area (Å²) in [6, 6.07) is 14.7. The number of amides is 1. The molecule has 168 valence electrons. The first-order chi connectivity index (χ1) is 16.1. The lowest BCUT2D eigenvalue weighted by molar-refractivity contribution is 0.0966. The van der Waals surface area contributed by atoms with Gasteiger partial charge in [0.25, 0.3) is 5.91 Å². The molecule has 1 aromatic heterocycles. The molecule has 33 heavy (non-hydrogen) atoms.